The number of carbonyl (C=O) groups is 1. The Labute approximate surface area is 571 Å². The topological polar surface area (TPSA) is 228 Å². The van der Waals surface area contributed by atoms with E-state index in [2.05, 4.69) is 19.2 Å². The molecule has 1 amide bonds. The van der Waals surface area contributed by atoms with Gasteiger partial charge in [0, 0.05) is 6.42 Å². The quantitative estimate of drug-likeness (QED) is 0.0204. The molecule has 93 heavy (non-hydrogen) atoms. The van der Waals surface area contributed by atoms with Crippen molar-refractivity contribution in [2.45, 2.75) is 466 Å². The first kappa shape index (κ1) is 87.8. The van der Waals surface area contributed by atoms with Crippen LogP contribution in [0, 0.1) is 0 Å². The molecule has 12 atom stereocenters. The Bertz CT molecular complexity index is 1610. The van der Waals surface area contributed by atoms with Crippen molar-refractivity contribution in [1.29, 1.82) is 0 Å². The lowest BCUT2D eigenvalue weighted by molar-refractivity contribution is -0.359. The van der Waals surface area contributed by atoms with Gasteiger partial charge in [-0.15, -0.1) is 0 Å². The standard InChI is InChI=1S/C79H153NO13/c1-3-5-7-9-11-13-15-17-19-21-23-25-27-29-31-32-33-34-35-36-37-38-40-42-44-46-48-50-52-54-56-58-60-62-68(83)67(66-90-78-76(89)74(87)77(70(65-82)92-78)93-79-75(88)73(86)72(85)69(64-81)91-79)80-71(84)63-61-59-57-55-53-51-49-47-45-43-41-39-30-28-26-24-22-20-18-16-14-12-10-8-6-4-2/h60,62,67-70,72-79,81-83,85-89H,3-59,61,63-66H2,1-2H3,(H,80,84)/b62-60+. The third kappa shape index (κ3) is 47.4. The number of aliphatic hydroxyl groups excluding tert-OH is 8. The Hall–Kier alpha value is -1.27. The number of aliphatic hydroxyl groups is 8. The molecule has 0 aliphatic carbocycles. The molecule has 2 rings (SSSR count). The van der Waals surface area contributed by atoms with Gasteiger partial charge in [-0.3, -0.25) is 4.79 Å². The number of amides is 1. The maximum atomic E-state index is 13.4. The van der Waals surface area contributed by atoms with E-state index in [1.807, 2.05) is 6.08 Å². The third-order valence-corrected chi connectivity index (χ3v) is 20.2. The van der Waals surface area contributed by atoms with Crippen molar-refractivity contribution in [3.63, 3.8) is 0 Å². The molecule has 552 valence electrons. The number of rotatable bonds is 69. The fraction of sp³-hybridized carbons (Fsp3) is 0.962. The van der Waals surface area contributed by atoms with E-state index in [4.69, 9.17) is 18.9 Å². The molecule has 2 aliphatic rings. The van der Waals surface area contributed by atoms with E-state index in [-0.39, 0.29) is 18.9 Å². The van der Waals surface area contributed by atoms with Gasteiger partial charge in [-0.05, 0) is 19.3 Å². The second-order valence-corrected chi connectivity index (χ2v) is 28.9. The van der Waals surface area contributed by atoms with Crippen molar-refractivity contribution in [2.75, 3.05) is 19.8 Å². The van der Waals surface area contributed by atoms with Crippen molar-refractivity contribution in [1.82, 2.24) is 5.32 Å². The number of ether oxygens (including phenoxy) is 4. The van der Waals surface area contributed by atoms with Crippen LogP contribution >= 0.6 is 0 Å². The zero-order valence-electron chi connectivity index (χ0n) is 60.5. The minimum absolute atomic E-state index is 0.229. The molecule has 0 spiro atoms. The van der Waals surface area contributed by atoms with Gasteiger partial charge in [0.2, 0.25) is 5.91 Å². The maximum absolute atomic E-state index is 13.4. The highest BCUT2D eigenvalue weighted by atomic mass is 16.7. The van der Waals surface area contributed by atoms with Crippen LogP contribution in [0.5, 0.6) is 0 Å². The van der Waals surface area contributed by atoms with Crippen LogP contribution in [-0.4, -0.2) is 140 Å². The van der Waals surface area contributed by atoms with Gasteiger partial charge in [0.15, 0.2) is 12.6 Å². The maximum Gasteiger partial charge on any atom is 0.220 e. The highest BCUT2D eigenvalue weighted by molar-refractivity contribution is 5.76. The zero-order valence-corrected chi connectivity index (χ0v) is 60.5. The van der Waals surface area contributed by atoms with E-state index >= 15 is 0 Å². The lowest BCUT2D eigenvalue weighted by atomic mass is 9.97. The first-order valence-corrected chi connectivity index (χ1v) is 40.4. The van der Waals surface area contributed by atoms with Gasteiger partial charge in [0.25, 0.3) is 0 Å². The monoisotopic (exact) mass is 1320 g/mol. The van der Waals surface area contributed by atoms with Crippen LogP contribution in [-0.2, 0) is 23.7 Å². The Morgan fingerprint density at radius 3 is 0.989 bits per heavy atom. The van der Waals surface area contributed by atoms with Crippen LogP contribution in [0.25, 0.3) is 0 Å². The van der Waals surface area contributed by atoms with E-state index in [1.165, 1.54) is 327 Å². The third-order valence-electron chi connectivity index (χ3n) is 20.2. The average Bonchev–Trinajstić information content (AvgIpc) is 0.854. The summed E-state index contributed by atoms with van der Waals surface area (Å²) in [6.45, 7) is 2.88. The molecule has 0 aromatic rings. The van der Waals surface area contributed by atoms with Gasteiger partial charge >= 0.3 is 0 Å². The van der Waals surface area contributed by atoms with Crippen LogP contribution < -0.4 is 5.32 Å². The number of hydrogen-bond acceptors (Lipinski definition) is 13. The van der Waals surface area contributed by atoms with Gasteiger partial charge in [0.05, 0.1) is 32.0 Å². The molecule has 2 fully saturated rings. The van der Waals surface area contributed by atoms with Crippen LogP contribution in [0.1, 0.15) is 393 Å². The van der Waals surface area contributed by atoms with Gasteiger partial charge in [-0.1, -0.05) is 379 Å². The molecule has 9 N–H and O–H groups in total. The Balaban J connectivity index is 1.61. The molecule has 2 aliphatic heterocycles. The Morgan fingerprint density at radius 2 is 0.667 bits per heavy atom. The van der Waals surface area contributed by atoms with E-state index < -0.39 is 86.8 Å². The van der Waals surface area contributed by atoms with Crippen LogP contribution in [0.4, 0.5) is 0 Å². The highest BCUT2D eigenvalue weighted by Gasteiger charge is 2.51. The predicted octanol–water partition coefficient (Wildman–Crippen LogP) is 18.1. The lowest BCUT2D eigenvalue weighted by Gasteiger charge is -2.46. The normalized spacial score (nSPS) is 22.5. The molecular formula is C79H153NO13. The fourth-order valence-corrected chi connectivity index (χ4v) is 13.8. The summed E-state index contributed by atoms with van der Waals surface area (Å²) >= 11 is 0. The smallest absolute Gasteiger partial charge is 0.220 e. The number of hydrogen-bond donors (Lipinski definition) is 9. The molecule has 2 heterocycles. The van der Waals surface area contributed by atoms with Crippen molar-refractivity contribution >= 4 is 5.91 Å². The average molecular weight is 1330 g/mol. The number of allylic oxidation sites excluding steroid dienone is 1. The molecule has 0 radical (unpaired) electrons. The summed E-state index contributed by atoms with van der Waals surface area (Å²) in [4.78, 5) is 13.4. The summed E-state index contributed by atoms with van der Waals surface area (Å²) in [7, 11) is 0. The van der Waals surface area contributed by atoms with E-state index in [0.29, 0.717) is 0 Å². The molecule has 12 unspecified atom stereocenters. The van der Waals surface area contributed by atoms with E-state index in [1.54, 1.807) is 6.08 Å². The molecular weight excluding hydrogens is 1170 g/mol. The Kier molecular flexibility index (Phi) is 60.6. The predicted molar refractivity (Wildman–Crippen MR) is 383 cm³/mol. The van der Waals surface area contributed by atoms with E-state index in [0.717, 1.165) is 44.9 Å². The summed E-state index contributed by atoms with van der Waals surface area (Å²) in [6, 6.07) is -0.912. The summed E-state index contributed by atoms with van der Waals surface area (Å²) in [5, 5.41) is 87.7. The lowest BCUT2D eigenvalue weighted by Crippen LogP contribution is -2.65. The van der Waals surface area contributed by atoms with Gasteiger partial charge < -0.3 is 65.1 Å². The van der Waals surface area contributed by atoms with Crippen molar-refractivity contribution < 1.29 is 64.6 Å². The zero-order chi connectivity index (χ0) is 67.3. The van der Waals surface area contributed by atoms with Crippen molar-refractivity contribution in [3.05, 3.63) is 12.2 Å². The fourth-order valence-electron chi connectivity index (χ4n) is 13.8. The minimum atomic E-state index is -1.79. The molecule has 0 bridgehead atoms. The number of carbonyl (C=O) groups excluding carboxylic acids is 1. The molecule has 0 saturated carbocycles. The van der Waals surface area contributed by atoms with E-state index in [9.17, 15) is 45.6 Å². The van der Waals surface area contributed by atoms with Gasteiger partial charge in [-0.2, -0.15) is 0 Å². The first-order valence-electron chi connectivity index (χ1n) is 40.4. The Morgan fingerprint density at radius 1 is 0.376 bits per heavy atom. The first-order chi connectivity index (χ1) is 45.6. The number of nitrogens with one attached hydrogen (secondary N) is 1. The van der Waals surface area contributed by atoms with Crippen molar-refractivity contribution in [3.8, 4) is 0 Å². The summed E-state index contributed by atoms with van der Waals surface area (Å²) in [5.74, 6) is -0.229. The van der Waals surface area contributed by atoms with Gasteiger partial charge in [0.1, 0.15) is 48.8 Å². The SMILES string of the molecule is CCCCCCCCCCCCCCCCCCCCCCCCCCCCCCCCC/C=C/C(O)C(COC1OC(CO)C(OC2OC(CO)C(O)C(O)C2O)C(O)C1O)NC(=O)CCCCCCCCCCCCCCCCCCCCCCCCCCCC. The minimum Gasteiger partial charge on any atom is -0.394 e. The van der Waals surface area contributed by atoms with Gasteiger partial charge in [-0.25, -0.2) is 0 Å². The molecule has 0 aromatic heterocycles. The highest BCUT2D eigenvalue weighted by Crippen LogP contribution is 2.30. The van der Waals surface area contributed by atoms with Crippen molar-refractivity contribution in [2.24, 2.45) is 0 Å². The summed E-state index contributed by atoms with van der Waals surface area (Å²) in [6.07, 6.45) is 64.4. The molecule has 14 nitrogen and oxygen atoms in total. The second-order valence-electron chi connectivity index (χ2n) is 28.9. The molecule has 2 saturated heterocycles. The number of unbranched alkanes of at least 4 members (excludes halogenated alkanes) is 56. The molecule has 14 heteroatoms. The van der Waals surface area contributed by atoms with Crippen LogP contribution in [0.15, 0.2) is 12.2 Å². The molecule has 0 aromatic carbocycles. The largest absolute Gasteiger partial charge is 0.394 e. The van der Waals surface area contributed by atoms with Crippen LogP contribution in [0.2, 0.25) is 0 Å². The summed E-state index contributed by atoms with van der Waals surface area (Å²) in [5.41, 5.74) is 0. The van der Waals surface area contributed by atoms with Crippen LogP contribution in [0.3, 0.4) is 0 Å². The second kappa shape index (κ2) is 64.1. The summed E-state index contributed by atoms with van der Waals surface area (Å²) < 4.78 is 22.9.